The largest absolute Gasteiger partial charge is 0.289 e. The van der Waals surface area contributed by atoms with E-state index in [9.17, 15) is 4.79 Å². The Bertz CT molecular complexity index is 538. The van der Waals surface area contributed by atoms with Gasteiger partial charge in [0.25, 0.3) is 0 Å². The number of carbonyl (C=O) groups excluding carboxylic acids is 1. The van der Waals surface area contributed by atoms with Crippen molar-refractivity contribution in [1.82, 2.24) is 0 Å². The number of benzene rings is 2. The fourth-order valence-electron chi connectivity index (χ4n) is 1.91. The fraction of sp³-hybridized carbons (Fsp3) is 0.118. The van der Waals surface area contributed by atoms with E-state index in [0.717, 1.165) is 23.1 Å². The van der Waals surface area contributed by atoms with Crippen molar-refractivity contribution >= 4 is 11.4 Å². The summed E-state index contributed by atoms with van der Waals surface area (Å²) < 4.78 is 0. The molecule has 0 saturated carbocycles. The normalized spacial score (nSPS) is 11.3. The molecular formula is C17H16O. The molecule has 18 heavy (non-hydrogen) atoms. The zero-order valence-electron chi connectivity index (χ0n) is 10.5. The molecule has 0 heterocycles. The van der Waals surface area contributed by atoms with Gasteiger partial charge in [-0.25, -0.2) is 0 Å². The zero-order chi connectivity index (χ0) is 12.8. The quantitative estimate of drug-likeness (QED) is 0.569. The highest BCUT2D eigenvalue weighted by atomic mass is 16.1. The molecule has 2 aromatic rings. The minimum absolute atomic E-state index is 0.0867. The second-order valence-corrected chi connectivity index (χ2v) is 4.09. The SMILES string of the molecule is CC/C=C(/C(=O)c1ccccc1)c1ccccc1. The van der Waals surface area contributed by atoms with Gasteiger partial charge in [-0.15, -0.1) is 0 Å². The summed E-state index contributed by atoms with van der Waals surface area (Å²) in [7, 11) is 0. The Balaban J connectivity index is 2.39. The molecule has 0 aromatic heterocycles. The number of hydrogen-bond donors (Lipinski definition) is 0. The molecule has 0 atom stereocenters. The Kier molecular flexibility index (Phi) is 4.08. The van der Waals surface area contributed by atoms with Crippen LogP contribution in [0, 0.1) is 0 Å². The molecule has 0 amide bonds. The molecule has 0 N–H and O–H groups in total. The lowest BCUT2D eigenvalue weighted by Crippen LogP contribution is -2.02. The molecule has 2 rings (SSSR count). The van der Waals surface area contributed by atoms with Gasteiger partial charge < -0.3 is 0 Å². The maximum Gasteiger partial charge on any atom is 0.193 e. The van der Waals surface area contributed by atoms with Crippen molar-refractivity contribution in [2.24, 2.45) is 0 Å². The molecule has 0 aliphatic rings. The van der Waals surface area contributed by atoms with Crippen LogP contribution >= 0.6 is 0 Å². The molecule has 0 radical (unpaired) electrons. The van der Waals surface area contributed by atoms with E-state index in [2.05, 4.69) is 0 Å². The maximum absolute atomic E-state index is 12.5. The minimum Gasteiger partial charge on any atom is -0.289 e. The highest BCUT2D eigenvalue weighted by molar-refractivity contribution is 6.28. The third kappa shape index (κ3) is 2.75. The predicted octanol–water partition coefficient (Wildman–Crippen LogP) is 4.36. The third-order valence-electron chi connectivity index (χ3n) is 2.77. The van der Waals surface area contributed by atoms with Gasteiger partial charge in [-0.1, -0.05) is 73.7 Å². The average Bonchev–Trinajstić information content (AvgIpc) is 2.46. The lowest BCUT2D eigenvalue weighted by molar-refractivity contribution is 0.105. The Hall–Kier alpha value is -2.15. The maximum atomic E-state index is 12.5. The van der Waals surface area contributed by atoms with E-state index in [1.54, 1.807) is 0 Å². The first kappa shape index (κ1) is 12.3. The minimum atomic E-state index is 0.0867. The first-order valence-corrected chi connectivity index (χ1v) is 6.18. The summed E-state index contributed by atoms with van der Waals surface area (Å²) in [5, 5.41) is 0. The number of ketones is 1. The molecule has 0 unspecified atom stereocenters. The zero-order valence-corrected chi connectivity index (χ0v) is 10.5. The van der Waals surface area contributed by atoms with Crippen LogP contribution in [-0.4, -0.2) is 5.78 Å². The number of hydrogen-bond acceptors (Lipinski definition) is 1. The first-order chi connectivity index (χ1) is 8.83. The van der Waals surface area contributed by atoms with Crippen LogP contribution in [0.3, 0.4) is 0 Å². The van der Waals surface area contributed by atoms with E-state index in [0.29, 0.717) is 0 Å². The van der Waals surface area contributed by atoms with Crippen molar-refractivity contribution in [3.8, 4) is 0 Å². The standard InChI is InChI=1S/C17H16O/c1-2-9-16(14-10-5-3-6-11-14)17(18)15-12-7-4-8-13-15/h3-13H,2H2,1H3/b16-9+. The smallest absolute Gasteiger partial charge is 0.193 e. The van der Waals surface area contributed by atoms with Crippen LogP contribution in [0.25, 0.3) is 5.57 Å². The average molecular weight is 236 g/mol. The van der Waals surface area contributed by atoms with Gasteiger partial charge in [-0.3, -0.25) is 4.79 Å². The van der Waals surface area contributed by atoms with Crippen molar-refractivity contribution in [1.29, 1.82) is 0 Å². The summed E-state index contributed by atoms with van der Waals surface area (Å²) >= 11 is 0. The second-order valence-electron chi connectivity index (χ2n) is 4.09. The number of Topliss-reactive ketones (excluding diaryl/α,β-unsaturated/α-hetero) is 1. The Morgan fingerprint density at radius 1 is 0.889 bits per heavy atom. The molecule has 1 heteroatoms. The fourth-order valence-corrected chi connectivity index (χ4v) is 1.91. The van der Waals surface area contributed by atoms with Gasteiger partial charge in [0, 0.05) is 11.1 Å². The highest BCUT2D eigenvalue weighted by Crippen LogP contribution is 2.20. The van der Waals surface area contributed by atoms with E-state index in [1.165, 1.54) is 0 Å². The summed E-state index contributed by atoms with van der Waals surface area (Å²) in [5.41, 5.74) is 2.50. The van der Waals surface area contributed by atoms with Crippen molar-refractivity contribution < 1.29 is 4.79 Å². The van der Waals surface area contributed by atoms with Crippen LogP contribution < -0.4 is 0 Å². The molecule has 0 fully saturated rings. The molecular weight excluding hydrogens is 220 g/mol. The lowest BCUT2D eigenvalue weighted by atomic mass is 9.96. The molecule has 0 aliphatic heterocycles. The molecule has 0 bridgehead atoms. The number of allylic oxidation sites excluding steroid dienone is 2. The summed E-state index contributed by atoms with van der Waals surface area (Å²) in [5.74, 6) is 0.0867. The summed E-state index contributed by atoms with van der Waals surface area (Å²) in [6.45, 7) is 2.04. The number of carbonyl (C=O) groups is 1. The molecule has 0 spiro atoms. The van der Waals surface area contributed by atoms with E-state index in [-0.39, 0.29) is 5.78 Å². The molecule has 2 aromatic carbocycles. The van der Waals surface area contributed by atoms with Crippen molar-refractivity contribution in [3.05, 3.63) is 77.9 Å². The van der Waals surface area contributed by atoms with Gasteiger partial charge in [0.2, 0.25) is 0 Å². The van der Waals surface area contributed by atoms with Gasteiger partial charge in [0.1, 0.15) is 0 Å². The first-order valence-electron chi connectivity index (χ1n) is 6.18. The summed E-state index contributed by atoms with van der Waals surface area (Å²) in [6, 6.07) is 19.2. The highest BCUT2D eigenvalue weighted by Gasteiger charge is 2.12. The molecule has 90 valence electrons. The topological polar surface area (TPSA) is 17.1 Å². The Morgan fingerprint density at radius 2 is 1.39 bits per heavy atom. The Labute approximate surface area is 108 Å². The van der Waals surface area contributed by atoms with Crippen LogP contribution in [0.15, 0.2) is 66.7 Å². The predicted molar refractivity (Wildman–Crippen MR) is 75.5 cm³/mol. The van der Waals surface area contributed by atoms with Gasteiger partial charge in [-0.2, -0.15) is 0 Å². The van der Waals surface area contributed by atoms with E-state index < -0.39 is 0 Å². The van der Waals surface area contributed by atoms with Gasteiger partial charge in [-0.05, 0) is 12.0 Å². The van der Waals surface area contributed by atoms with E-state index in [1.807, 2.05) is 73.7 Å². The lowest BCUT2D eigenvalue weighted by Gasteiger charge is -2.07. The van der Waals surface area contributed by atoms with Crippen molar-refractivity contribution in [2.75, 3.05) is 0 Å². The number of rotatable bonds is 4. The monoisotopic (exact) mass is 236 g/mol. The second kappa shape index (κ2) is 5.97. The molecule has 0 saturated heterocycles. The summed E-state index contributed by atoms with van der Waals surface area (Å²) in [6.07, 6.45) is 2.84. The van der Waals surface area contributed by atoms with Crippen molar-refractivity contribution in [2.45, 2.75) is 13.3 Å². The van der Waals surface area contributed by atoms with Gasteiger partial charge in [0.05, 0.1) is 0 Å². The van der Waals surface area contributed by atoms with E-state index >= 15 is 0 Å². The van der Waals surface area contributed by atoms with Crippen LogP contribution in [0.5, 0.6) is 0 Å². The van der Waals surface area contributed by atoms with Gasteiger partial charge in [0.15, 0.2) is 5.78 Å². The van der Waals surface area contributed by atoms with Crippen LogP contribution in [0.4, 0.5) is 0 Å². The van der Waals surface area contributed by atoms with Crippen LogP contribution in [-0.2, 0) is 0 Å². The van der Waals surface area contributed by atoms with E-state index in [4.69, 9.17) is 0 Å². The van der Waals surface area contributed by atoms with Crippen molar-refractivity contribution in [3.63, 3.8) is 0 Å². The van der Waals surface area contributed by atoms with Crippen LogP contribution in [0.2, 0.25) is 0 Å². The van der Waals surface area contributed by atoms with Gasteiger partial charge >= 0.3 is 0 Å². The third-order valence-corrected chi connectivity index (χ3v) is 2.77. The molecule has 0 aliphatic carbocycles. The molecule has 1 nitrogen and oxygen atoms in total. The summed E-state index contributed by atoms with van der Waals surface area (Å²) in [4.78, 5) is 12.5. The van der Waals surface area contributed by atoms with Crippen LogP contribution in [0.1, 0.15) is 29.3 Å². The Morgan fingerprint density at radius 3 is 1.89 bits per heavy atom.